The van der Waals surface area contributed by atoms with Crippen molar-refractivity contribution in [2.45, 2.75) is 0 Å². The van der Waals surface area contributed by atoms with Gasteiger partial charge in [0.2, 0.25) is 0 Å². The van der Waals surface area contributed by atoms with Crippen LogP contribution in [-0.2, 0) is 0 Å². The molecule has 0 saturated carbocycles. The molecule has 3 aromatic carbocycles. The number of phenolic OH excluding ortho intramolecular Hbond substituents is 2. The van der Waals surface area contributed by atoms with Gasteiger partial charge in [0.25, 0.3) is 0 Å². The normalized spacial score (nSPS) is 11.1. The number of aromatic nitrogens is 2. The van der Waals surface area contributed by atoms with Gasteiger partial charge in [-0.3, -0.25) is 4.98 Å². The SMILES string of the molecule is Oc1ccccc1-c1cc2ccc3cccnc3c2nc1-c1ccccc1O. The molecule has 4 nitrogen and oxygen atoms in total. The average molecular weight is 364 g/mol. The Labute approximate surface area is 161 Å². The molecule has 0 bridgehead atoms. The van der Waals surface area contributed by atoms with Crippen LogP contribution in [0.4, 0.5) is 0 Å². The van der Waals surface area contributed by atoms with E-state index in [1.54, 1.807) is 30.5 Å². The summed E-state index contributed by atoms with van der Waals surface area (Å²) in [4.78, 5) is 9.43. The predicted octanol–water partition coefficient (Wildman–Crippen LogP) is 5.53. The van der Waals surface area contributed by atoms with Gasteiger partial charge in [0.15, 0.2) is 0 Å². The topological polar surface area (TPSA) is 66.2 Å². The lowest BCUT2D eigenvalue weighted by Crippen LogP contribution is -1.94. The molecule has 0 amide bonds. The summed E-state index contributed by atoms with van der Waals surface area (Å²) in [5.74, 6) is 0.304. The maximum absolute atomic E-state index is 10.5. The highest BCUT2D eigenvalue weighted by atomic mass is 16.3. The summed E-state index contributed by atoms with van der Waals surface area (Å²) < 4.78 is 0. The number of nitrogens with zero attached hydrogens (tertiary/aromatic N) is 2. The van der Waals surface area contributed by atoms with Crippen LogP contribution in [0.25, 0.3) is 44.2 Å². The molecule has 0 aliphatic heterocycles. The molecular weight excluding hydrogens is 348 g/mol. The zero-order valence-corrected chi connectivity index (χ0v) is 14.9. The first-order chi connectivity index (χ1) is 13.7. The van der Waals surface area contributed by atoms with Crippen molar-refractivity contribution in [3.05, 3.63) is 85.1 Å². The van der Waals surface area contributed by atoms with E-state index >= 15 is 0 Å². The predicted molar refractivity (Wildman–Crippen MR) is 111 cm³/mol. The van der Waals surface area contributed by atoms with Crippen molar-refractivity contribution in [3.63, 3.8) is 0 Å². The summed E-state index contributed by atoms with van der Waals surface area (Å²) >= 11 is 0. The average Bonchev–Trinajstić information content (AvgIpc) is 2.73. The number of hydrogen-bond acceptors (Lipinski definition) is 4. The van der Waals surface area contributed by atoms with Crippen LogP contribution >= 0.6 is 0 Å². The third-order valence-electron chi connectivity index (χ3n) is 4.91. The molecule has 0 spiro atoms. The molecule has 0 fully saturated rings. The van der Waals surface area contributed by atoms with E-state index in [-0.39, 0.29) is 11.5 Å². The minimum absolute atomic E-state index is 0.138. The maximum atomic E-state index is 10.5. The van der Waals surface area contributed by atoms with Crippen LogP contribution in [0.5, 0.6) is 11.5 Å². The highest BCUT2D eigenvalue weighted by Crippen LogP contribution is 2.40. The smallest absolute Gasteiger partial charge is 0.124 e. The minimum atomic E-state index is 0.138. The lowest BCUT2D eigenvalue weighted by molar-refractivity contribution is 0.476. The van der Waals surface area contributed by atoms with Crippen molar-refractivity contribution in [1.29, 1.82) is 0 Å². The van der Waals surface area contributed by atoms with Gasteiger partial charge in [0.1, 0.15) is 11.5 Å². The Bertz CT molecular complexity index is 1350. The molecule has 0 radical (unpaired) electrons. The van der Waals surface area contributed by atoms with Crippen molar-refractivity contribution in [2.75, 3.05) is 0 Å². The first-order valence-electron chi connectivity index (χ1n) is 8.97. The molecule has 0 unspecified atom stereocenters. The van der Waals surface area contributed by atoms with E-state index < -0.39 is 0 Å². The zero-order chi connectivity index (χ0) is 19.1. The molecule has 2 heterocycles. The van der Waals surface area contributed by atoms with Gasteiger partial charge in [0.05, 0.1) is 16.7 Å². The van der Waals surface area contributed by atoms with Crippen molar-refractivity contribution >= 4 is 21.8 Å². The Kier molecular flexibility index (Phi) is 3.69. The Morgan fingerprint density at radius 3 is 2.00 bits per heavy atom. The molecule has 5 aromatic rings. The summed E-state index contributed by atoms with van der Waals surface area (Å²) in [5, 5.41) is 22.8. The Hall–Kier alpha value is -3.92. The molecule has 0 aliphatic carbocycles. The minimum Gasteiger partial charge on any atom is -0.507 e. The van der Waals surface area contributed by atoms with Gasteiger partial charge < -0.3 is 10.2 Å². The summed E-state index contributed by atoms with van der Waals surface area (Å²) in [6, 6.07) is 24.2. The van der Waals surface area contributed by atoms with E-state index in [2.05, 4.69) is 4.98 Å². The lowest BCUT2D eigenvalue weighted by Gasteiger charge is -2.14. The second-order valence-electron chi connectivity index (χ2n) is 6.63. The van der Waals surface area contributed by atoms with Gasteiger partial charge in [-0.2, -0.15) is 0 Å². The summed E-state index contributed by atoms with van der Waals surface area (Å²) in [6.07, 6.45) is 1.75. The molecule has 0 aliphatic rings. The standard InChI is InChI=1S/C24H16N2O2/c27-20-9-3-1-7-17(20)19-14-16-12-11-15-6-5-13-25-22(15)23(16)26-24(19)18-8-2-4-10-21(18)28/h1-14,27-28H. The fourth-order valence-corrected chi connectivity index (χ4v) is 3.56. The highest BCUT2D eigenvalue weighted by Gasteiger charge is 2.17. The summed E-state index contributed by atoms with van der Waals surface area (Å²) in [5.41, 5.74) is 4.19. The van der Waals surface area contributed by atoms with Crippen LogP contribution in [0.3, 0.4) is 0 Å². The molecular formula is C24H16N2O2. The number of pyridine rings is 2. The van der Waals surface area contributed by atoms with Crippen LogP contribution in [0, 0.1) is 0 Å². The zero-order valence-electron chi connectivity index (χ0n) is 14.9. The number of benzene rings is 3. The Morgan fingerprint density at radius 2 is 1.25 bits per heavy atom. The van der Waals surface area contributed by atoms with Crippen LogP contribution < -0.4 is 0 Å². The molecule has 0 saturated heterocycles. The number of phenols is 2. The highest BCUT2D eigenvalue weighted by molar-refractivity contribution is 6.06. The number of fused-ring (bicyclic) bond motifs is 3. The van der Waals surface area contributed by atoms with Crippen molar-refractivity contribution in [3.8, 4) is 33.9 Å². The first kappa shape index (κ1) is 16.3. The molecule has 2 aromatic heterocycles. The Morgan fingerprint density at radius 1 is 0.571 bits per heavy atom. The third kappa shape index (κ3) is 2.55. The van der Waals surface area contributed by atoms with Crippen LogP contribution in [0.2, 0.25) is 0 Å². The van der Waals surface area contributed by atoms with E-state index in [9.17, 15) is 10.2 Å². The van der Waals surface area contributed by atoms with E-state index in [4.69, 9.17) is 4.98 Å². The molecule has 134 valence electrons. The molecule has 4 heteroatoms. The number of para-hydroxylation sites is 2. The Balaban J connectivity index is 1.93. The van der Waals surface area contributed by atoms with E-state index in [0.29, 0.717) is 16.8 Å². The molecule has 2 N–H and O–H groups in total. The van der Waals surface area contributed by atoms with E-state index in [0.717, 1.165) is 27.4 Å². The molecule has 0 atom stereocenters. The van der Waals surface area contributed by atoms with Gasteiger partial charge in [-0.05, 0) is 30.3 Å². The second-order valence-corrected chi connectivity index (χ2v) is 6.63. The van der Waals surface area contributed by atoms with Crippen molar-refractivity contribution in [2.24, 2.45) is 0 Å². The maximum Gasteiger partial charge on any atom is 0.124 e. The fraction of sp³-hybridized carbons (Fsp3) is 0. The van der Waals surface area contributed by atoms with E-state index in [1.807, 2.05) is 54.6 Å². The van der Waals surface area contributed by atoms with Gasteiger partial charge in [-0.25, -0.2) is 4.98 Å². The summed E-state index contributed by atoms with van der Waals surface area (Å²) in [7, 11) is 0. The summed E-state index contributed by atoms with van der Waals surface area (Å²) in [6.45, 7) is 0. The van der Waals surface area contributed by atoms with Crippen molar-refractivity contribution in [1.82, 2.24) is 9.97 Å². The van der Waals surface area contributed by atoms with Crippen LogP contribution in [-0.4, -0.2) is 20.2 Å². The molecule has 5 rings (SSSR count). The first-order valence-corrected chi connectivity index (χ1v) is 8.97. The number of rotatable bonds is 2. The second kappa shape index (κ2) is 6.35. The largest absolute Gasteiger partial charge is 0.507 e. The van der Waals surface area contributed by atoms with Gasteiger partial charge >= 0.3 is 0 Å². The van der Waals surface area contributed by atoms with Crippen LogP contribution in [0.1, 0.15) is 0 Å². The van der Waals surface area contributed by atoms with Gasteiger partial charge in [0, 0.05) is 33.7 Å². The van der Waals surface area contributed by atoms with Crippen LogP contribution in [0.15, 0.2) is 85.1 Å². The van der Waals surface area contributed by atoms with E-state index in [1.165, 1.54) is 0 Å². The quantitative estimate of drug-likeness (QED) is 0.404. The van der Waals surface area contributed by atoms with Gasteiger partial charge in [-0.15, -0.1) is 0 Å². The monoisotopic (exact) mass is 364 g/mol. The van der Waals surface area contributed by atoms with Gasteiger partial charge in [-0.1, -0.05) is 48.5 Å². The lowest BCUT2D eigenvalue weighted by atomic mass is 9.96. The molecule has 28 heavy (non-hydrogen) atoms. The fourth-order valence-electron chi connectivity index (χ4n) is 3.56. The number of aromatic hydroxyl groups is 2. The third-order valence-corrected chi connectivity index (χ3v) is 4.91. The number of hydrogen-bond donors (Lipinski definition) is 2. The van der Waals surface area contributed by atoms with Crippen molar-refractivity contribution < 1.29 is 10.2 Å².